The van der Waals surface area contributed by atoms with E-state index in [0.717, 1.165) is 43.9 Å². The van der Waals surface area contributed by atoms with Crippen LogP contribution in [0.15, 0.2) is 18.2 Å². The minimum atomic E-state index is 0.392. The standard InChI is InChI=1S/C15H23NO2/c1-3-9-16-14-6-5-10-18-15-8-7-12(17-4-2)11-13(14)15/h7-8,11,14,16H,3-6,9-10H2,1-2H3. The second-order valence-electron chi connectivity index (χ2n) is 4.63. The second kappa shape index (κ2) is 6.64. The number of benzene rings is 1. The average molecular weight is 249 g/mol. The molecule has 1 heterocycles. The van der Waals surface area contributed by atoms with Gasteiger partial charge in [0.1, 0.15) is 11.5 Å². The lowest BCUT2D eigenvalue weighted by Crippen LogP contribution is -2.21. The molecule has 0 saturated heterocycles. The van der Waals surface area contributed by atoms with Gasteiger partial charge in [0, 0.05) is 11.6 Å². The van der Waals surface area contributed by atoms with Crippen LogP contribution in [0.1, 0.15) is 44.7 Å². The molecule has 3 heteroatoms. The molecule has 1 atom stereocenters. The molecule has 1 aromatic carbocycles. The molecule has 0 saturated carbocycles. The van der Waals surface area contributed by atoms with E-state index in [2.05, 4.69) is 18.3 Å². The van der Waals surface area contributed by atoms with E-state index in [9.17, 15) is 0 Å². The van der Waals surface area contributed by atoms with Crippen LogP contribution in [0.4, 0.5) is 0 Å². The summed E-state index contributed by atoms with van der Waals surface area (Å²) >= 11 is 0. The van der Waals surface area contributed by atoms with Crippen LogP contribution in [0.2, 0.25) is 0 Å². The number of ether oxygens (including phenoxy) is 2. The van der Waals surface area contributed by atoms with Gasteiger partial charge >= 0.3 is 0 Å². The van der Waals surface area contributed by atoms with Gasteiger partial charge in [-0.25, -0.2) is 0 Å². The van der Waals surface area contributed by atoms with Crippen LogP contribution in [0.3, 0.4) is 0 Å². The topological polar surface area (TPSA) is 30.5 Å². The maximum atomic E-state index is 5.80. The van der Waals surface area contributed by atoms with Gasteiger partial charge in [-0.15, -0.1) is 0 Å². The van der Waals surface area contributed by atoms with Gasteiger partial charge in [0.2, 0.25) is 0 Å². The lowest BCUT2D eigenvalue weighted by molar-refractivity contribution is 0.313. The Kier molecular flexibility index (Phi) is 4.88. The maximum Gasteiger partial charge on any atom is 0.124 e. The largest absolute Gasteiger partial charge is 0.494 e. The second-order valence-corrected chi connectivity index (χ2v) is 4.63. The van der Waals surface area contributed by atoms with Crippen LogP contribution in [-0.2, 0) is 0 Å². The fourth-order valence-corrected chi connectivity index (χ4v) is 2.34. The van der Waals surface area contributed by atoms with Crippen LogP contribution in [0.25, 0.3) is 0 Å². The van der Waals surface area contributed by atoms with E-state index in [1.54, 1.807) is 0 Å². The van der Waals surface area contributed by atoms with Crippen molar-refractivity contribution in [2.24, 2.45) is 0 Å². The van der Waals surface area contributed by atoms with E-state index in [1.165, 1.54) is 5.56 Å². The molecule has 1 N–H and O–H groups in total. The molecular formula is C15H23NO2. The first-order valence-electron chi connectivity index (χ1n) is 6.98. The highest BCUT2D eigenvalue weighted by Crippen LogP contribution is 2.34. The zero-order valence-electron chi connectivity index (χ0n) is 11.4. The summed E-state index contributed by atoms with van der Waals surface area (Å²) in [6.45, 7) is 6.76. The highest BCUT2D eigenvalue weighted by molar-refractivity contribution is 5.42. The van der Waals surface area contributed by atoms with E-state index in [0.29, 0.717) is 12.6 Å². The Morgan fingerprint density at radius 2 is 2.28 bits per heavy atom. The predicted octanol–water partition coefficient (Wildman–Crippen LogP) is 3.30. The maximum absolute atomic E-state index is 5.80. The van der Waals surface area contributed by atoms with Crippen LogP contribution < -0.4 is 14.8 Å². The molecule has 1 aliphatic rings. The van der Waals surface area contributed by atoms with E-state index in [-0.39, 0.29) is 0 Å². The fourth-order valence-electron chi connectivity index (χ4n) is 2.34. The quantitative estimate of drug-likeness (QED) is 0.868. The van der Waals surface area contributed by atoms with Crippen molar-refractivity contribution in [2.75, 3.05) is 19.8 Å². The average Bonchev–Trinajstić information content (AvgIpc) is 2.59. The Balaban J connectivity index is 2.22. The third-order valence-electron chi connectivity index (χ3n) is 3.20. The molecule has 0 spiro atoms. The SMILES string of the molecule is CCCNC1CCCOc2ccc(OCC)cc21. The number of fused-ring (bicyclic) bond motifs is 1. The molecule has 1 unspecified atom stereocenters. The van der Waals surface area contributed by atoms with Crippen LogP contribution in [-0.4, -0.2) is 19.8 Å². The molecule has 3 nitrogen and oxygen atoms in total. The molecule has 100 valence electrons. The van der Waals surface area contributed by atoms with Crippen molar-refractivity contribution in [2.45, 2.75) is 39.2 Å². The van der Waals surface area contributed by atoms with Crippen LogP contribution in [0, 0.1) is 0 Å². The number of nitrogens with one attached hydrogen (secondary N) is 1. The highest BCUT2D eigenvalue weighted by atomic mass is 16.5. The third-order valence-corrected chi connectivity index (χ3v) is 3.20. The summed E-state index contributed by atoms with van der Waals surface area (Å²) in [5.41, 5.74) is 1.24. The molecule has 2 rings (SSSR count). The molecule has 0 radical (unpaired) electrons. The normalized spacial score (nSPS) is 18.7. The Morgan fingerprint density at radius 1 is 1.39 bits per heavy atom. The van der Waals surface area contributed by atoms with Crippen molar-refractivity contribution in [1.29, 1.82) is 0 Å². The minimum Gasteiger partial charge on any atom is -0.494 e. The molecule has 18 heavy (non-hydrogen) atoms. The number of rotatable bonds is 5. The summed E-state index contributed by atoms with van der Waals surface area (Å²) in [5, 5.41) is 3.60. The monoisotopic (exact) mass is 249 g/mol. The van der Waals surface area contributed by atoms with Gasteiger partial charge in [-0.1, -0.05) is 6.92 Å². The van der Waals surface area contributed by atoms with Crippen molar-refractivity contribution < 1.29 is 9.47 Å². The fraction of sp³-hybridized carbons (Fsp3) is 0.600. The Labute approximate surface area is 109 Å². The zero-order chi connectivity index (χ0) is 12.8. The van der Waals surface area contributed by atoms with Gasteiger partial charge in [0.05, 0.1) is 13.2 Å². The van der Waals surface area contributed by atoms with Crippen molar-refractivity contribution in [3.05, 3.63) is 23.8 Å². The highest BCUT2D eigenvalue weighted by Gasteiger charge is 2.19. The van der Waals surface area contributed by atoms with Gasteiger partial charge in [-0.05, 0) is 50.9 Å². The summed E-state index contributed by atoms with van der Waals surface area (Å²) in [7, 11) is 0. The van der Waals surface area contributed by atoms with Gasteiger partial charge in [0.25, 0.3) is 0 Å². The molecule has 0 amide bonds. The smallest absolute Gasteiger partial charge is 0.124 e. The summed E-state index contributed by atoms with van der Waals surface area (Å²) in [6.07, 6.45) is 3.38. The first-order valence-corrected chi connectivity index (χ1v) is 6.98. The van der Waals surface area contributed by atoms with Gasteiger partial charge in [-0.2, -0.15) is 0 Å². The van der Waals surface area contributed by atoms with E-state index in [1.807, 2.05) is 19.1 Å². The Hall–Kier alpha value is -1.22. The summed E-state index contributed by atoms with van der Waals surface area (Å²) in [5.74, 6) is 1.94. The molecule has 0 bridgehead atoms. The van der Waals surface area contributed by atoms with Crippen molar-refractivity contribution in [3.63, 3.8) is 0 Å². The van der Waals surface area contributed by atoms with Crippen molar-refractivity contribution in [3.8, 4) is 11.5 Å². The summed E-state index contributed by atoms with van der Waals surface area (Å²) in [6, 6.07) is 6.54. The molecule has 1 aromatic rings. The summed E-state index contributed by atoms with van der Waals surface area (Å²) in [4.78, 5) is 0. The molecule has 1 aliphatic heterocycles. The zero-order valence-corrected chi connectivity index (χ0v) is 11.4. The molecule has 0 fully saturated rings. The lowest BCUT2D eigenvalue weighted by Gasteiger charge is -2.19. The van der Waals surface area contributed by atoms with Crippen molar-refractivity contribution >= 4 is 0 Å². The van der Waals surface area contributed by atoms with Crippen LogP contribution in [0.5, 0.6) is 11.5 Å². The van der Waals surface area contributed by atoms with E-state index >= 15 is 0 Å². The van der Waals surface area contributed by atoms with Gasteiger partial charge < -0.3 is 14.8 Å². The lowest BCUT2D eigenvalue weighted by atomic mass is 10.0. The third kappa shape index (κ3) is 3.16. The molecule has 0 aliphatic carbocycles. The first-order chi connectivity index (χ1) is 8.85. The molecule has 0 aromatic heterocycles. The van der Waals surface area contributed by atoms with Gasteiger partial charge in [-0.3, -0.25) is 0 Å². The van der Waals surface area contributed by atoms with Crippen molar-refractivity contribution in [1.82, 2.24) is 5.32 Å². The Bertz CT molecular complexity index is 379. The van der Waals surface area contributed by atoms with E-state index in [4.69, 9.17) is 9.47 Å². The molecular weight excluding hydrogens is 226 g/mol. The first kappa shape index (κ1) is 13.2. The number of hydrogen-bond donors (Lipinski definition) is 1. The van der Waals surface area contributed by atoms with E-state index < -0.39 is 0 Å². The van der Waals surface area contributed by atoms with Crippen LogP contribution >= 0.6 is 0 Å². The van der Waals surface area contributed by atoms with Gasteiger partial charge in [0.15, 0.2) is 0 Å². The number of hydrogen-bond acceptors (Lipinski definition) is 3. The minimum absolute atomic E-state index is 0.392. The summed E-state index contributed by atoms with van der Waals surface area (Å²) < 4.78 is 11.4. The Morgan fingerprint density at radius 3 is 3.06 bits per heavy atom. The predicted molar refractivity (Wildman–Crippen MR) is 73.4 cm³/mol.